The van der Waals surface area contributed by atoms with Crippen LogP contribution in [-0.4, -0.2) is 47.7 Å². The molecule has 168 valence electrons. The lowest BCUT2D eigenvalue weighted by Gasteiger charge is -2.38. The number of thiazole rings is 1. The molecule has 2 aliphatic rings. The highest BCUT2D eigenvalue weighted by Crippen LogP contribution is 2.46. The molecule has 1 spiro atoms. The second-order valence-corrected chi connectivity index (χ2v) is 10.6. The summed E-state index contributed by atoms with van der Waals surface area (Å²) < 4.78 is 17.4. The lowest BCUT2D eigenvalue weighted by Crippen LogP contribution is -2.44. The number of carbonyl (C=O) groups excluding carboxylic acids is 1. The Balaban J connectivity index is 1.30. The molecule has 4 rings (SSSR count). The highest BCUT2D eigenvalue weighted by Gasteiger charge is 2.43. The number of hydrogen-bond donors (Lipinski definition) is 0. The van der Waals surface area contributed by atoms with Crippen molar-refractivity contribution in [2.45, 2.75) is 64.6 Å². The molecule has 2 aromatic rings. The fourth-order valence-corrected chi connectivity index (χ4v) is 4.93. The molecule has 0 radical (unpaired) electrons. The Morgan fingerprint density at radius 2 is 2.06 bits per heavy atom. The van der Waals surface area contributed by atoms with Crippen molar-refractivity contribution < 1.29 is 19.0 Å². The van der Waals surface area contributed by atoms with Gasteiger partial charge in [-0.25, -0.2) is 4.98 Å². The molecule has 7 heteroatoms. The predicted octanol–water partition coefficient (Wildman–Crippen LogP) is 4.49. The van der Waals surface area contributed by atoms with Crippen molar-refractivity contribution in [2.24, 2.45) is 0 Å². The Morgan fingerprint density at radius 1 is 1.29 bits per heavy atom. The van der Waals surface area contributed by atoms with Gasteiger partial charge in [0.25, 0.3) is 0 Å². The largest absolute Gasteiger partial charge is 0.492 e. The Morgan fingerprint density at radius 3 is 2.74 bits per heavy atom. The van der Waals surface area contributed by atoms with Crippen LogP contribution in [0.2, 0.25) is 0 Å². The van der Waals surface area contributed by atoms with Crippen molar-refractivity contribution in [3.63, 3.8) is 0 Å². The van der Waals surface area contributed by atoms with Crippen molar-refractivity contribution in [1.82, 2.24) is 9.88 Å². The minimum atomic E-state index is -0.421. The maximum absolute atomic E-state index is 12.0. The first-order valence-electron chi connectivity index (χ1n) is 11.0. The second-order valence-electron chi connectivity index (χ2n) is 9.55. The molecule has 6 nitrogen and oxygen atoms in total. The van der Waals surface area contributed by atoms with E-state index in [0.717, 1.165) is 61.3 Å². The first-order valence-corrected chi connectivity index (χ1v) is 11.9. The Kier molecular flexibility index (Phi) is 6.26. The average molecular weight is 445 g/mol. The maximum Gasteiger partial charge on any atom is 0.307 e. The van der Waals surface area contributed by atoms with Crippen LogP contribution in [-0.2, 0) is 21.6 Å². The lowest BCUT2D eigenvalue weighted by atomic mass is 9.74. The molecule has 0 amide bonds. The van der Waals surface area contributed by atoms with Gasteiger partial charge in [-0.3, -0.25) is 4.79 Å². The van der Waals surface area contributed by atoms with Crippen LogP contribution in [0.15, 0.2) is 23.6 Å². The zero-order valence-electron chi connectivity index (χ0n) is 18.9. The number of fused-ring (bicyclic) bond motifs is 2. The van der Waals surface area contributed by atoms with E-state index < -0.39 is 5.60 Å². The standard InChI is InChI=1S/C24H32N2O4S/c1-17-25-18(15-31-17)14-28-19-5-6-20-21(13-19)29-16-24(20)8-11-26(12-9-24)10-7-22(27)30-23(2,3)4/h5-6,13,15H,7-12,14,16H2,1-4H3. The molecule has 1 aromatic carbocycles. The molecule has 0 atom stereocenters. The van der Waals surface area contributed by atoms with Gasteiger partial charge in [0.05, 0.1) is 23.7 Å². The fourth-order valence-electron chi connectivity index (χ4n) is 4.34. The third kappa shape index (κ3) is 5.39. The molecule has 1 saturated heterocycles. The van der Waals surface area contributed by atoms with Crippen LogP contribution >= 0.6 is 11.3 Å². The summed E-state index contributed by atoms with van der Waals surface area (Å²) in [5, 5.41) is 3.08. The topological polar surface area (TPSA) is 60.9 Å². The van der Waals surface area contributed by atoms with Gasteiger partial charge in [0.15, 0.2) is 0 Å². The SMILES string of the molecule is Cc1nc(COc2ccc3c(c2)OCC32CCN(CCC(=O)OC(C)(C)C)CC2)cs1. The van der Waals surface area contributed by atoms with E-state index in [2.05, 4.69) is 16.0 Å². The van der Waals surface area contributed by atoms with E-state index in [4.69, 9.17) is 14.2 Å². The van der Waals surface area contributed by atoms with Gasteiger partial charge in [-0.1, -0.05) is 6.07 Å². The van der Waals surface area contributed by atoms with Gasteiger partial charge in [-0.05, 0) is 59.7 Å². The molecule has 0 unspecified atom stereocenters. The fraction of sp³-hybridized carbons (Fsp3) is 0.583. The van der Waals surface area contributed by atoms with Gasteiger partial charge in [0.2, 0.25) is 0 Å². The van der Waals surface area contributed by atoms with Gasteiger partial charge in [-0.15, -0.1) is 11.3 Å². The molecule has 0 saturated carbocycles. The quantitative estimate of drug-likeness (QED) is 0.612. The molecule has 2 aliphatic heterocycles. The lowest BCUT2D eigenvalue weighted by molar-refractivity contribution is -0.155. The highest BCUT2D eigenvalue weighted by atomic mass is 32.1. The van der Waals surface area contributed by atoms with Gasteiger partial charge < -0.3 is 19.1 Å². The number of esters is 1. The number of benzene rings is 1. The van der Waals surface area contributed by atoms with Crippen molar-refractivity contribution in [3.05, 3.63) is 39.8 Å². The van der Waals surface area contributed by atoms with E-state index in [-0.39, 0.29) is 11.4 Å². The smallest absolute Gasteiger partial charge is 0.307 e. The molecule has 0 bridgehead atoms. The summed E-state index contributed by atoms with van der Waals surface area (Å²) in [7, 11) is 0. The summed E-state index contributed by atoms with van der Waals surface area (Å²) in [6.45, 7) is 11.6. The summed E-state index contributed by atoms with van der Waals surface area (Å²) in [4.78, 5) is 18.8. The van der Waals surface area contributed by atoms with Gasteiger partial charge >= 0.3 is 5.97 Å². The number of hydrogen-bond acceptors (Lipinski definition) is 7. The summed E-state index contributed by atoms with van der Waals surface area (Å²) in [6, 6.07) is 6.22. The predicted molar refractivity (Wildman–Crippen MR) is 121 cm³/mol. The number of carbonyl (C=O) groups is 1. The van der Waals surface area contributed by atoms with Crippen LogP contribution in [0.1, 0.15) is 56.3 Å². The molecule has 3 heterocycles. The van der Waals surface area contributed by atoms with E-state index in [1.165, 1.54) is 5.56 Å². The summed E-state index contributed by atoms with van der Waals surface area (Å²) in [5.41, 5.74) is 1.90. The van der Waals surface area contributed by atoms with Crippen LogP contribution in [0.5, 0.6) is 11.5 Å². The van der Waals surface area contributed by atoms with Crippen LogP contribution in [0.4, 0.5) is 0 Å². The van der Waals surface area contributed by atoms with E-state index >= 15 is 0 Å². The van der Waals surface area contributed by atoms with Crippen molar-refractivity contribution in [3.8, 4) is 11.5 Å². The van der Waals surface area contributed by atoms with Gasteiger partial charge in [-0.2, -0.15) is 0 Å². The zero-order chi connectivity index (χ0) is 22.1. The average Bonchev–Trinajstić information content (AvgIpc) is 3.28. The minimum Gasteiger partial charge on any atom is -0.492 e. The summed E-state index contributed by atoms with van der Waals surface area (Å²) in [5.74, 6) is 1.63. The number of piperidine rings is 1. The van der Waals surface area contributed by atoms with Crippen LogP contribution in [0.25, 0.3) is 0 Å². The van der Waals surface area contributed by atoms with Crippen LogP contribution in [0.3, 0.4) is 0 Å². The molecule has 31 heavy (non-hydrogen) atoms. The molecular formula is C24H32N2O4S. The monoisotopic (exact) mass is 444 g/mol. The number of aryl methyl sites for hydroxylation is 1. The Bertz CT molecular complexity index is 926. The van der Waals surface area contributed by atoms with Gasteiger partial charge in [0, 0.05) is 29.0 Å². The summed E-state index contributed by atoms with van der Waals surface area (Å²) in [6.07, 6.45) is 2.51. The maximum atomic E-state index is 12.0. The molecule has 0 aliphatic carbocycles. The zero-order valence-corrected chi connectivity index (χ0v) is 19.7. The van der Waals surface area contributed by atoms with E-state index in [9.17, 15) is 4.79 Å². The van der Waals surface area contributed by atoms with E-state index in [0.29, 0.717) is 13.0 Å². The van der Waals surface area contributed by atoms with E-state index in [1.54, 1.807) is 11.3 Å². The Hall–Kier alpha value is -2.12. The van der Waals surface area contributed by atoms with Crippen LogP contribution < -0.4 is 9.47 Å². The minimum absolute atomic E-state index is 0.0717. The van der Waals surface area contributed by atoms with Crippen molar-refractivity contribution in [2.75, 3.05) is 26.2 Å². The number of rotatable bonds is 6. The molecule has 1 fully saturated rings. The number of nitrogens with zero attached hydrogens (tertiary/aromatic N) is 2. The second kappa shape index (κ2) is 8.79. The first kappa shape index (κ1) is 22.1. The van der Waals surface area contributed by atoms with Gasteiger partial charge in [0.1, 0.15) is 23.7 Å². The molecule has 0 N–H and O–H groups in total. The highest BCUT2D eigenvalue weighted by molar-refractivity contribution is 7.09. The normalized spacial score (nSPS) is 17.9. The number of aromatic nitrogens is 1. The first-order chi connectivity index (χ1) is 14.7. The third-order valence-electron chi connectivity index (χ3n) is 5.95. The van der Waals surface area contributed by atoms with Crippen LogP contribution in [0, 0.1) is 6.92 Å². The number of likely N-dealkylation sites (tertiary alicyclic amines) is 1. The Labute approximate surface area is 188 Å². The summed E-state index contributed by atoms with van der Waals surface area (Å²) >= 11 is 1.64. The van der Waals surface area contributed by atoms with Crippen molar-refractivity contribution in [1.29, 1.82) is 0 Å². The molecular weight excluding hydrogens is 412 g/mol. The third-order valence-corrected chi connectivity index (χ3v) is 6.77. The molecule has 1 aromatic heterocycles. The van der Waals surface area contributed by atoms with E-state index in [1.807, 2.05) is 45.2 Å². The number of ether oxygens (including phenoxy) is 3. The van der Waals surface area contributed by atoms with Crippen molar-refractivity contribution >= 4 is 17.3 Å².